The lowest BCUT2D eigenvalue weighted by Crippen LogP contribution is -2.41. The van der Waals surface area contributed by atoms with Crippen LogP contribution < -0.4 is 26.0 Å². The van der Waals surface area contributed by atoms with Crippen molar-refractivity contribution in [1.29, 1.82) is 0 Å². The predicted octanol–water partition coefficient (Wildman–Crippen LogP) is 4.53. The molecule has 1 atom stereocenters. The number of hydrogen-bond donors (Lipinski definition) is 4. The Bertz CT molecular complexity index is 1230. The molecule has 37 heavy (non-hydrogen) atoms. The number of amides is 4. The van der Waals surface area contributed by atoms with Crippen LogP contribution in [0.15, 0.2) is 66.6 Å². The van der Waals surface area contributed by atoms with Crippen molar-refractivity contribution < 1.29 is 32.3 Å². The van der Waals surface area contributed by atoms with Gasteiger partial charge < -0.3 is 30.9 Å². The predicted molar refractivity (Wildman–Crippen MR) is 133 cm³/mol. The number of ether oxygens (including phenoxy) is 1. The van der Waals surface area contributed by atoms with Gasteiger partial charge in [0.2, 0.25) is 11.8 Å². The number of anilines is 3. The fraction of sp³-hybridized carbons (Fsp3) is 0.240. The zero-order valence-corrected chi connectivity index (χ0v) is 20.3. The second-order valence-electron chi connectivity index (χ2n) is 7.97. The Hall–Kier alpha value is -4.48. The van der Waals surface area contributed by atoms with Crippen LogP contribution in [0, 0.1) is 0 Å². The number of alkyl halides is 3. The molecule has 12 heteroatoms. The molecule has 4 N–H and O–H groups in total. The number of nitrogens with one attached hydrogen (secondary N) is 4. The summed E-state index contributed by atoms with van der Waals surface area (Å²) in [4.78, 5) is 37.6. The summed E-state index contributed by atoms with van der Waals surface area (Å²) in [6, 6.07) is 8.08. The van der Waals surface area contributed by atoms with Crippen molar-refractivity contribution in [3.8, 4) is 5.75 Å². The fourth-order valence-corrected chi connectivity index (χ4v) is 3.33. The van der Waals surface area contributed by atoms with Crippen LogP contribution in [0.25, 0.3) is 0 Å². The SMILES string of the molecule is CCC(=O)Nc1ccc(NC(=O)Nc2ccc(OC3=C[C@@H](C(=O)NC)N(C)C=C3)cc2)cc1C(F)(F)F. The summed E-state index contributed by atoms with van der Waals surface area (Å²) in [5, 5.41) is 9.66. The number of rotatable bonds is 7. The van der Waals surface area contributed by atoms with Gasteiger partial charge in [0.15, 0.2) is 0 Å². The minimum absolute atomic E-state index is 0.0196. The minimum atomic E-state index is -4.74. The summed E-state index contributed by atoms with van der Waals surface area (Å²) in [5.74, 6) is 0.151. The van der Waals surface area contributed by atoms with E-state index >= 15 is 0 Å². The number of halogens is 3. The van der Waals surface area contributed by atoms with Gasteiger partial charge >= 0.3 is 12.2 Å². The summed E-state index contributed by atoms with van der Waals surface area (Å²) >= 11 is 0. The van der Waals surface area contributed by atoms with Crippen LogP contribution in [0.5, 0.6) is 5.75 Å². The van der Waals surface area contributed by atoms with Gasteiger partial charge in [0.05, 0.1) is 11.3 Å². The first-order chi connectivity index (χ1) is 17.5. The number of likely N-dealkylation sites (N-methyl/N-ethyl adjacent to an activating group) is 2. The molecule has 0 aliphatic carbocycles. The Balaban J connectivity index is 1.64. The molecule has 196 valence electrons. The highest BCUT2D eigenvalue weighted by Gasteiger charge is 2.34. The normalized spacial score (nSPS) is 14.9. The van der Waals surface area contributed by atoms with E-state index in [1.165, 1.54) is 13.0 Å². The third-order valence-electron chi connectivity index (χ3n) is 5.28. The zero-order chi connectivity index (χ0) is 27.2. The number of carbonyl (C=O) groups excluding carboxylic acids is 3. The molecular weight excluding hydrogens is 491 g/mol. The van der Waals surface area contributed by atoms with E-state index in [0.29, 0.717) is 17.2 Å². The average Bonchev–Trinajstić information content (AvgIpc) is 2.86. The van der Waals surface area contributed by atoms with Crippen LogP contribution >= 0.6 is 0 Å². The van der Waals surface area contributed by atoms with Crippen molar-refractivity contribution in [3.63, 3.8) is 0 Å². The summed E-state index contributed by atoms with van der Waals surface area (Å²) in [6.07, 6.45) is 0.356. The third kappa shape index (κ3) is 7.26. The molecule has 0 bridgehead atoms. The summed E-state index contributed by atoms with van der Waals surface area (Å²) in [7, 11) is 3.31. The highest BCUT2D eigenvalue weighted by Crippen LogP contribution is 2.36. The Kier molecular flexibility index (Phi) is 8.43. The Labute approximate surface area is 211 Å². The first kappa shape index (κ1) is 27.1. The molecule has 2 aromatic rings. The lowest BCUT2D eigenvalue weighted by molar-refractivity contribution is -0.137. The third-order valence-corrected chi connectivity index (χ3v) is 5.28. The number of carbonyl (C=O) groups is 3. The van der Waals surface area contributed by atoms with E-state index in [9.17, 15) is 27.6 Å². The zero-order valence-electron chi connectivity index (χ0n) is 20.3. The van der Waals surface area contributed by atoms with Gasteiger partial charge in [0.1, 0.15) is 17.6 Å². The number of allylic oxidation sites excluding steroid dienone is 1. The van der Waals surface area contributed by atoms with Gasteiger partial charge in [0.25, 0.3) is 0 Å². The molecule has 1 heterocycles. The van der Waals surface area contributed by atoms with Crippen LogP contribution in [-0.2, 0) is 15.8 Å². The van der Waals surface area contributed by atoms with Gasteiger partial charge in [-0.3, -0.25) is 9.59 Å². The van der Waals surface area contributed by atoms with E-state index in [-0.39, 0.29) is 18.0 Å². The van der Waals surface area contributed by atoms with Crippen molar-refractivity contribution in [2.45, 2.75) is 25.6 Å². The van der Waals surface area contributed by atoms with Gasteiger partial charge in [-0.05, 0) is 54.6 Å². The molecule has 0 aromatic heterocycles. The lowest BCUT2D eigenvalue weighted by atomic mass is 10.1. The molecule has 0 radical (unpaired) electrons. The topological polar surface area (TPSA) is 112 Å². The van der Waals surface area contributed by atoms with Crippen molar-refractivity contribution in [1.82, 2.24) is 10.2 Å². The van der Waals surface area contributed by atoms with Crippen molar-refractivity contribution in [3.05, 3.63) is 72.1 Å². The van der Waals surface area contributed by atoms with Crippen LogP contribution in [-0.4, -0.2) is 42.9 Å². The van der Waals surface area contributed by atoms with Gasteiger partial charge in [-0.15, -0.1) is 0 Å². The largest absolute Gasteiger partial charge is 0.458 e. The molecule has 9 nitrogen and oxygen atoms in total. The van der Waals surface area contributed by atoms with Gasteiger partial charge in [-0.1, -0.05) is 6.92 Å². The Morgan fingerprint density at radius 3 is 2.27 bits per heavy atom. The molecule has 4 amide bonds. The van der Waals surface area contributed by atoms with Crippen LogP contribution in [0.4, 0.5) is 35.0 Å². The van der Waals surface area contributed by atoms with E-state index in [1.54, 1.807) is 61.6 Å². The van der Waals surface area contributed by atoms with Crippen molar-refractivity contribution >= 4 is 34.9 Å². The van der Waals surface area contributed by atoms with Gasteiger partial charge in [-0.25, -0.2) is 4.79 Å². The molecular formula is C25H26F3N5O4. The van der Waals surface area contributed by atoms with Crippen LogP contribution in [0.1, 0.15) is 18.9 Å². The molecule has 1 aliphatic heterocycles. The Morgan fingerprint density at radius 1 is 1.00 bits per heavy atom. The lowest BCUT2D eigenvalue weighted by Gasteiger charge is -2.26. The molecule has 1 aliphatic rings. The monoisotopic (exact) mass is 517 g/mol. The molecule has 0 unspecified atom stereocenters. The van der Waals surface area contributed by atoms with Crippen LogP contribution in [0.3, 0.4) is 0 Å². The summed E-state index contributed by atoms with van der Waals surface area (Å²) < 4.78 is 46.1. The average molecular weight is 518 g/mol. The fourth-order valence-electron chi connectivity index (χ4n) is 3.33. The highest BCUT2D eigenvalue weighted by molar-refractivity contribution is 6.00. The maximum atomic E-state index is 13.4. The number of hydrogen-bond acceptors (Lipinski definition) is 5. The van der Waals surface area contributed by atoms with E-state index in [0.717, 1.165) is 12.1 Å². The number of benzene rings is 2. The second-order valence-corrected chi connectivity index (χ2v) is 7.97. The first-order valence-electron chi connectivity index (χ1n) is 11.2. The second kappa shape index (κ2) is 11.5. The number of urea groups is 1. The van der Waals surface area contributed by atoms with E-state index < -0.39 is 35.4 Å². The van der Waals surface area contributed by atoms with Crippen molar-refractivity contribution in [2.75, 3.05) is 30.0 Å². The molecule has 0 saturated carbocycles. The molecule has 2 aromatic carbocycles. The van der Waals surface area contributed by atoms with Gasteiger partial charge in [-0.2, -0.15) is 13.2 Å². The standard InChI is InChI=1S/C25H26F3N5O4/c1-4-22(34)32-20-10-7-16(13-19(20)25(26,27)28)31-24(36)30-15-5-8-17(9-6-15)37-18-11-12-33(3)21(14-18)23(35)29-2/h5-14,21H,4H2,1-3H3,(H,29,35)(H,32,34)(H2,30,31,36)/t21-/m0/s1. The quantitative estimate of drug-likeness (QED) is 0.431. The summed E-state index contributed by atoms with van der Waals surface area (Å²) in [6.45, 7) is 1.52. The van der Waals surface area contributed by atoms with Crippen molar-refractivity contribution in [2.24, 2.45) is 0 Å². The maximum absolute atomic E-state index is 13.4. The van der Waals surface area contributed by atoms with Gasteiger partial charge in [0, 0.05) is 38.1 Å². The minimum Gasteiger partial charge on any atom is -0.458 e. The van der Waals surface area contributed by atoms with E-state index in [4.69, 9.17) is 4.74 Å². The van der Waals surface area contributed by atoms with E-state index in [2.05, 4.69) is 21.3 Å². The smallest absolute Gasteiger partial charge is 0.418 e. The molecule has 3 rings (SSSR count). The highest BCUT2D eigenvalue weighted by atomic mass is 19.4. The number of nitrogens with zero attached hydrogens (tertiary/aromatic N) is 1. The molecule has 0 spiro atoms. The maximum Gasteiger partial charge on any atom is 0.418 e. The van der Waals surface area contributed by atoms with E-state index in [1.807, 2.05) is 0 Å². The first-order valence-corrected chi connectivity index (χ1v) is 11.2. The molecule has 0 saturated heterocycles. The molecule has 0 fully saturated rings. The van der Waals surface area contributed by atoms with Crippen LogP contribution in [0.2, 0.25) is 0 Å². The Morgan fingerprint density at radius 2 is 1.65 bits per heavy atom. The summed E-state index contributed by atoms with van der Waals surface area (Å²) in [5.41, 5.74) is -1.21.